The van der Waals surface area contributed by atoms with Crippen LogP contribution in [0.25, 0.3) is 0 Å². The lowest BCUT2D eigenvalue weighted by Gasteiger charge is -2.44. The van der Waals surface area contributed by atoms with Crippen LogP contribution in [0.15, 0.2) is 12.2 Å². The fraction of sp³-hybridized carbons (Fsp3) is 0.875. The minimum Gasteiger partial charge on any atom is -0.303 e. The molecule has 0 amide bonds. The first kappa shape index (κ1) is 14.6. The van der Waals surface area contributed by atoms with Gasteiger partial charge in [0.15, 0.2) is 0 Å². The van der Waals surface area contributed by atoms with Crippen molar-refractivity contribution in [2.24, 2.45) is 11.3 Å². The number of rotatable bonds is 2. The number of likely N-dealkylation sites (tertiary alicyclic amines) is 1. The van der Waals surface area contributed by atoms with Crippen LogP contribution in [0.2, 0.25) is 0 Å². The van der Waals surface area contributed by atoms with Gasteiger partial charge < -0.3 is 4.90 Å². The average Bonchev–Trinajstić information content (AvgIpc) is 2.46. The normalized spacial score (nSPS) is 33.3. The molecule has 0 aromatic carbocycles. The van der Waals surface area contributed by atoms with Crippen LogP contribution in [0.3, 0.4) is 0 Å². The summed E-state index contributed by atoms with van der Waals surface area (Å²) >= 11 is 0. The Morgan fingerprint density at radius 3 is 2.35 bits per heavy atom. The van der Waals surface area contributed by atoms with E-state index >= 15 is 0 Å². The molecule has 2 heterocycles. The van der Waals surface area contributed by atoms with Gasteiger partial charge in [0.25, 0.3) is 0 Å². The van der Waals surface area contributed by atoms with E-state index in [9.17, 15) is 8.42 Å². The number of nitrogens with zero attached hydrogens (tertiary/aromatic N) is 1. The van der Waals surface area contributed by atoms with Crippen molar-refractivity contribution < 1.29 is 8.42 Å². The van der Waals surface area contributed by atoms with Gasteiger partial charge in [0.05, 0.1) is 11.5 Å². The molecule has 0 radical (unpaired) electrons. The highest BCUT2D eigenvalue weighted by molar-refractivity contribution is 7.91. The highest BCUT2D eigenvalue weighted by Crippen LogP contribution is 2.42. The van der Waals surface area contributed by atoms with E-state index in [1.54, 1.807) is 0 Å². The lowest BCUT2D eigenvalue weighted by molar-refractivity contribution is 0.0814. The molecule has 3 rings (SSSR count). The zero-order chi connectivity index (χ0) is 14.1. The quantitative estimate of drug-likeness (QED) is 0.735. The second-order valence-electron chi connectivity index (χ2n) is 7.10. The first-order valence-electron chi connectivity index (χ1n) is 8.15. The molecule has 2 fully saturated rings. The maximum absolute atomic E-state index is 11.6. The average molecular weight is 297 g/mol. The topological polar surface area (TPSA) is 37.4 Å². The number of allylic oxidation sites excluding steroid dienone is 2. The molecule has 2 saturated heterocycles. The summed E-state index contributed by atoms with van der Waals surface area (Å²) in [7, 11) is -2.72. The third-order valence-corrected chi connectivity index (χ3v) is 7.35. The number of piperidine rings is 1. The van der Waals surface area contributed by atoms with Crippen molar-refractivity contribution >= 4 is 9.84 Å². The number of sulfone groups is 1. The number of hydrogen-bond donors (Lipinski definition) is 0. The Morgan fingerprint density at radius 1 is 1.05 bits per heavy atom. The zero-order valence-corrected chi connectivity index (χ0v) is 13.2. The van der Waals surface area contributed by atoms with E-state index in [1.807, 2.05) is 0 Å². The maximum Gasteiger partial charge on any atom is 0.150 e. The molecule has 4 heteroatoms. The van der Waals surface area contributed by atoms with Gasteiger partial charge in [0.2, 0.25) is 0 Å². The maximum atomic E-state index is 11.6. The summed E-state index contributed by atoms with van der Waals surface area (Å²) in [5.41, 5.74) is 0.355. The molecule has 20 heavy (non-hydrogen) atoms. The van der Waals surface area contributed by atoms with Gasteiger partial charge in [-0.15, -0.1) is 0 Å². The van der Waals surface area contributed by atoms with Gasteiger partial charge in [-0.25, -0.2) is 8.42 Å². The SMILES string of the molecule is O=S1(=O)CCC2(CCN(CC3CC=CCC3)CC2)CC1. The van der Waals surface area contributed by atoms with E-state index in [0.717, 1.165) is 18.8 Å². The van der Waals surface area contributed by atoms with E-state index < -0.39 is 9.84 Å². The van der Waals surface area contributed by atoms with Crippen molar-refractivity contribution in [3.8, 4) is 0 Å². The summed E-state index contributed by atoms with van der Waals surface area (Å²) in [5, 5.41) is 0. The van der Waals surface area contributed by atoms with Crippen LogP contribution in [0, 0.1) is 11.3 Å². The molecule has 3 nitrogen and oxygen atoms in total. The third kappa shape index (κ3) is 3.45. The Labute approximate surface area is 123 Å². The van der Waals surface area contributed by atoms with Crippen molar-refractivity contribution in [3.05, 3.63) is 12.2 Å². The van der Waals surface area contributed by atoms with Crippen LogP contribution in [0.5, 0.6) is 0 Å². The highest BCUT2D eigenvalue weighted by atomic mass is 32.2. The molecule has 0 aromatic heterocycles. The standard InChI is InChI=1S/C16H27NO2S/c18-20(19)12-8-16(9-13-20)6-10-17(11-7-16)14-15-4-2-1-3-5-15/h1-2,15H,3-14H2. The Kier molecular flexibility index (Phi) is 4.23. The predicted octanol–water partition coefficient (Wildman–Crippen LogP) is 2.63. The molecule has 1 spiro atoms. The fourth-order valence-corrected chi connectivity index (χ4v) is 5.76. The molecule has 3 aliphatic rings. The van der Waals surface area contributed by atoms with Gasteiger partial charge in [-0.3, -0.25) is 0 Å². The van der Waals surface area contributed by atoms with Crippen molar-refractivity contribution in [3.63, 3.8) is 0 Å². The lowest BCUT2D eigenvalue weighted by Crippen LogP contribution is -2.45. The second-order valence-corrected chi connectivity index (χ2v) is 9.41. The molecule has 1 atom stereocenters. The predicted molar refractivity (Wildman–Crippen MR) is 82.5 cm³/mol. The minimum absolute atomic E-state index is 0.355. The zero-order valence-electron chi connectivity index (χ0n) is 12.4. The van der Waals surface area contributed by atoms with Gasteiger partial charge in [0, 0.05) is 6.54 Å². The molecule has 0 aromatic rings. The smallest absolute Gasteiger partial charge is 0.150 e. The first-order chi connectivity index (χ1) is 9.57. The summed E-state index contributed by atoms with van der Waals surface area (Å²) in [6.07, 6.45) is 12.7. The molecule has 0 N–H and O–H groups in total. The molecule has 0 saturated carbocycles. The van der Waals surface area contributed by atoms with Crippen molar-refractivity contribution in [2.75, 3.05) is 31.1 Å². The third-order valence-electron chi connectivity index (χ3n) is 5.70. The van der Waals surface area contributed by atoms with Crippen LogP contribution in [-0.4, -0.2) is 44.5 Å². The summed E-state index contributed by atoms with van der Waals surface area (Å²) in [5.74, 6) is 1.71. The highest BCUT2D eigenvalue weighted by Gasteiger charge is 2.39. The van der Waals surface area contributed by atoms with Crippen LogP contribution in [0.1, 0.15) is 44.9 Å². The van der Waals surface area contributed by atoms with Crippen molar-refractivity contribution in [1.29, 1.82) is 0 Å². The summed E-state index contributed by atoms with van der Waals surface area (Å²) in [6, 6.07) is 0. The van der Waals surface area contributed by atoms with Crippen LogP contribution in [0.4, 0.5) is 0 Å². The molecule has 1 aliphatic carbocycles. The molecule has 1 unspecified atom stereocenters. The Morgan fingerprint density at radius 2 is 1.75 bits per heavy atom. The van der Waals surface area contributed by atoms with E-state index in [-0.39, 0.29) is 0 Å². The summed E-state index contributed by atoms with van der Waals surface area (Å²) < 4.78 is 23.2. The molecule has 2 aliphatic heterocycles. The van der Waals surface area contributed by atoms with Gasteiger partial charge in [-0.2, -0.15) is 0 Å². The van der Waals surface area contributed by atoms with Crippen LogP contribution >= 0.6 is 0 Å². The minimum atomic E-state index is -2.72. The molecule has 0 bridgehead atoms. The second kappa shape index (κ2) is 5.80. The monoisotopic (exact) mass is 297 g/mol. The van der Waals surface area contributed by atoms with E-state index in [4.69, 9.17) is 0 Å². The lowest BCUT2D eigenvalue weighted by atomic mass is 9.73. The van der Waals surface area contributed by atoms with E-state index in [1.165, 1.54) is 51.7 Å². The van der Waals surface area contributed by atoms with Crippen LogP contribution < -0.4 is 0 Å². The van der Waals surface area contributed by atoms with Gasteiger partial charge in [-0.05, 0) is 69.4 Å². The molecular formula is C16H27NO2S. The van der Waals surface area contributed by atoms with E-state index in [2.05, 4.69) is 17.1 Å². The molecule has 114 valence electrons. The first-order valence-corrected chi connectivity index (χ1v) is 9.97. The molecular weight excluding hydrogens is 270 g/mol. The Bertz CT molecular complexity index is 445. The number of hydrogen-bond acceptors (Lipinski definition) is 3. The van der Waals surface area contributed by atoms with Gasteiger partial charge >= 0.3 is 0 Å². The van der Waals surface area contributed by atoms with Crippen molar-refractivity contribution in [2.45, 2.75) is 44.9 Å². The van der Waals surface area contributed by atoms with Crippen molar-refractivity contribution in [1.82, 2.24) is 4.90 Å². The Hall–Kier alpha value is -0.350. The van der Waals surface area contributed by atoms with Gasteiger partial charge in [-0.1, -0.05) is 12.2 Å². The van der Waals surface area contributed by atoms with Crippen LogP contribution in [-0.2, 0) is 9.84 Å². The Balaban J connectivity index is 1.48. The summed E-state index contributed by atoms with van der Waals surface area (Å²) in [6.45, 7) is 3.61. The fourth-order valence-electron chi connectivity index (χ4n) is 4.07. The summed E-state index contributed by atoms with van der Waals surface area (Å²) in [4.78, 5) is 2.62. The largest absolute Gasteiger partial charge is 0.303 e. The van der Waals surface area contributed by atoms with Gasteiger partial charge in [0.1, 0.15) is 9.84 Å². The van der Waals surface area contributed by atoms with E-state index in [0.29, 0.717) is 16.9 Å².